The fourth-order valence-electron chi connectivity index (χ4n) is 2.83. The molecule has 0 heterocycles. The van der Waals surface area contributed by atoms with Crippen LogP contribution in [0.4, 0.5) is 4.39 Å². The van der Waals surface area contributed by atoms with Gasteiger partial charge in [-0.2, -0.15) is 0 Å². The minimum Gasteiger partial charge on any atom is -0.306 e. The number of benzene rings is 3. The van der Waals surface area contributed by atoms with Crippen molar-refractivity contribution in [2.45, 2.75) is 12.5 Å². The van der Waals surface area contributed by atoms with Crippen molar-refractivity contribution in [3.8, 4) is 0 Å². The first kappa shape index (κ1) is 17.1. The number of hydrogen-bond donors (Lipinski definition) is 1. The predicted octanol–water partition coefficient (Wildman–Crippen LogP) is 4.78. The van der Waals surface area contributed by atoms with Crippen molar-refractivity contribution in [3.05, 3.63) is 107 Å². The van der Waals surface area contributed by atoms with Gasteiger partial charge in [0, 0.05) is 18.5 Å². The zero-order valence-electron chi connectivity index (χ0n) is 13.9. The van der Waals surface area contributed by atoms with Gasteiger partial charge in [-0.25, -0.2) is 4.39 Å². The molecule has 0 saturated heterocycles. The Morgan fingerprint density at radius 1 is 0.800 bits per heavy atom. The molecule has 0 aliphatic carbocycles. The molecule has 1 N–H and O–H groups in total. The summed E-state index contributed by atoms with van der Waals surface area (Å²) in [6.45, 7) is 0.546. The summed E-state index contributed by atoms with van der Waals surface area (Å²) in [5.74, 6) is -0.324. The van der Waals surface area contributed by atoms with Crippen LogP contribution in [0, 0.1) is 5.82 Å². The highest BCUT2D eigenvalue weighted by Gasteiger charge is 2.14. The number of carbonyl (C=O) groups is 1. The standard InChI is InChI=1S/C22H20FNO/c23-20-13-11-17(12-14-20)21(25)15-16-24-22(18-7-3-1-4-8-18)19-9-5-2-6-10-19/h1-14,22,24H,15-16H2. The minimum atomic E-state index is -0.331. The van der Waals surface area contributed by atoms with Crippen molar-refractivity contribution in [1.82, 2.24) is 5.32 Å². The van der Waals surface area contributed by atoms with Gasteiger partial charge in [-0.3, -0.25) is 4.79 Å². The molecule has 2 nitrogen and oxygen atoms in total. The molecule has 0 atom stereocenters. The van der Waals surface area contributed by atoms with E-state index in [0.717, 1.165) is 11.1 Å². The summed E-state index contributed by atoms with van der Waals surface area (Å²) in [4.78, 5) is 12.2. The Kier molecular flexibility index (Phi) is 5.70. The number of carbonyl (C=O) groups excluding carboxylic acids is 1. The van der Waals surface area contributed by atoms with E-state index in [0.29, 0.717) is 18.5 Å². The highest BCUT2D eigenvalue weighted by atomic mass is 19.1. The molecular weight excluding hydrogens is 313 g/mol. The van der Waals surface area contributed by atoms with Gasteiger partial charge >= 0.3 is 0 Å². The van der Waals surface area contributed by atoms with E-state index in [9.17, 15) is 9.18 Å². The van der Waals surface area contributed by atoms with E-state index in [1.54, 1.807) is 0 Å². The van der Waals surface area contributed by atoms with Gasteiger partial charge in [0.2, 0.25) is 0 Å². The van der Waals surface area contributed by atoms with Crippen molar-refractivity contribution in [1.29, 1.82) is 0 Å². The van der Waals surface area contributed by atoms with Crippen molar-refractivity contribution in [3.63, 3.8) is 0 Å². The molecule has 0 fully saturated rings. The summed E-state index contributed by atoms with van der Waals surface area (Å²) >= 11 is 0. The maximum absolute atomic E-state index is 13.0. The van der Waals surface area contributed by atoms with E-state index in [-0.39, 0.29) is 17.6 Å². The van der Waals surface area contributed by atoms with Gasteiger partial charge in [0.1, 0.15) is 5.82 Å². The molecule has 3 aromatic carbocycles. The van der Waals surface area contributed by atoms with Gasteiger partial charge in [0.05, 0.1) is 6.04 Å². The summed E-state index contributed by atoms with van der Waals surface area (Å²) in [6.07, 6.45) is 0.363. The molecule has 3 heteroatoms. The molecule has 0 unspecified atom stereocenters. The first-order valence-corrected chi connectivity index (χ1v) is 8.36. The lowest BCUT2D eigenvalue weighted by Crippen LogP contribution is -2.25. The second-order valence-corrected chi connectivity index (χ2v) is 5.89. The smallest absolute Gasteiger partial charge is 0.164 e. The van der Waals surface area contributed by atoms with E-state index in [4.69, 9.17) is 0 Å². The molecule has 0 amide bonds. The molecule has 3 rings (SSSR count). The Hall–Kier alpha value is -2.78. The number of halogens is 1. The highest BCUT2D eigenvalue weighted by Crippen LogP contribution is 2.21. The molecule has 0 saturated carbocycles. The Balaban J connectivity index is 1.67. The van der Waals surface area contributed by atoms with E-state index < -0.39 is 0 Å². The van der Waals surface area contributed by atoms with Crippen LogP contribution in [0.3, 0.4) is 0 Å². The summed E-state index contributed by atoms with van der Waals surface area (Å²) in [7, 11) is 0. The highest BCUT2D eigenvalue weighted by molar-refractivity contribution is 5.96. The van der Waals surface area contributed by atoms with Gasteiger partial charge in [-0.15, -0.1) is 0 Å². The van der Waals surface area contributed by atoms with Crippen LogP contribution in [0.5, 0.6) is 0 Å². The van der Waals surface area contributed by atoms with Crippen LogP contribution in [-0.2, 0) is 0 Å². The zero-order chi connectivity index (χ0) is 17.5. The third-order valence-corrected chi connectivity index (χ3v) is 4.13. The van der Waals surface area contributed by atoms with Gasteiger partial charge in [0.15, 0.2) is 5.78 Å². The summed E-state index contributed by atoms with van der Waals surface area (Å²) in [5.41, 5.74) is 2.85. The SMILES string of the molecule is O=C(CCNC(c1ccccc1)c1ccccc1)c1ccc(F)cc1. The summed E-state index contributed by atoms with van der Waals surface area (Å²) in [6, 6.07) is 26.1. The van der Waals surface area contributed by atoms with Crippen LogP contribution in [0.1, 0.15) is 33.9 Å². The van der Waals surface area contributed by atoms with Gasteiger partial charge < -0.3 is 5.32 Å². The number of hydrogen-bond acceptors (Lipinski definition) is 2. The van der Waals surface area contributed by atoms with Gasteiger partial charge in [-0.05, 0) is 35.4 Å². The maximum Gasteiger partial charge on any atom is 0.164 e. The maximum atomic E-state index is 13.0. The van der Waals surface area contributed by atoms with E-state index in [1.807, 2.05) is 36.4 Å². The number of rotatable bonds is 7. The van der Waals surface area contributed by atoms with Crippen LogP contribution in [-0.4, -0.2) is 12.3 Å². The Labute approximate surface area is 147 Å². The first-order valence-electron chi connectivity index (χ1n) is 8.36. The average Bonchev–Trinajstić information content (AvgIpc) is 2.67. The van der Waals surface area contributed by atoms with Crippen LogP contribution in [0.15, 0.2) is 84.9 Å². The Morgan fingerprint density at radius 2 is 1.32 bits per heavy atom. The first-order chi connectivity index (χ1) is 12.2. The summed E-state index contributed by atoms with van der Waals surface area (Å²) < 4.78 is 13.0. The van der Waals surface area contributed by atoms with Crippen LogP contribution < -0.4 is 5.32 Å². The summed E-state index contributed by atoms with van der Waals surface area (Å²) in [5, 5.41) is 3.47. The van der Waals surface area contributed by atoms with Crippen LogP contribution >= 0.6 is 0 Å². The van der Waals surface area contributed by atoms with Crippen molar-refractivity contribution < 1.29 is 9.18 Å². The average molecular weight is 333 g/mol. The molecule has 0 aliphatic heterocycles. The van der Waals surface area contributed by atoms with Crippen molar-refractivity contribution >= 4 is 5.78 Å². The number of Topliss-reactive ketones (excluding diaryl/α,β-unsaturated/α-hetero) is 1. The molecule has 0 bridgehead atoms. The normalized spacial score (nSPS) is 10.8. The van der Waals surface area contributed by atoms with Gasteiger partial charge in [0.25, 0.3) is 0 Å². The predicted molar refractivity (Wildman–Crippen MR) is 98.1 cm³/mol. The molecule has 25 heavy (non-hydrogen) atoms. The molecule has 0 aliphatic rings. The van der Waals surface area contributed by atoms with E-state index in [2.05, 4.69) is 29.6 Å². The lowest BCUT2D eigenvalue weighted by Gasteiger charge is -2.19. The van der Waals surface area contributed by atoms with Crippen LogP contribution in [0.25, 0.3) is 0 Å². The molecule has 126 valence electrons. The second kappa shape index (κ2) is 8.36. The molecule has 3 aromatic rings. The lowest BCUT2D eigenvalue weighted by atomic mass is 9.98. The van der Waals surface area contributed by atoms with Crippen molar-refractivity contribution in [2.75, 3.05) is 6.54 Å². The molecule has 0 spiro atoms. The molecule has 0 aromatic heterocycles. The fraction of sp³-hybridized carbons (Fsp3) is 0.136. The van der Waals surface area contributed by atoms with Crippen LogP contribution in [0.2, 0.25) is 0 Å². The second-order valence-electron chi connectivity index (χ2n) is 5.89. The lowest BCUT2D eigenvalue weighted by molar-refractivity contribution is 0.0982. The Morgan fingerprint density at radius 3 is 1.84 bits per heavy atom. The zero-order valence-corrected chi connectivity index (χ0v) is 13.9. The third kappa shape index (κ3) is 4.61. The molecule has 0 radical (unpaired) electrons. The van der Waals surface area contributed by atoms with E-state index >= 15 is 0 Å². The van der Waals surface area contributed by atoms with E-state index in [1.165, 1.54) is 24.3 Å². The quantitative estimate of drug-likeness (QED) is 0.631. The molecular formula is C22H20FNO. The number of ketones is 1. The third-order valence-electron chi connectivity index (χ3n) is 4.13. The topological polar surface area (TPSA) is 29.1 Å². The number of nitrogens with one attached hydrogen (secondary N) is 1. The van der Waals surface area contributed by atoms with Gasteiger partial charge in [-0.1, -0.05) is 60.7 Å². The van der Waals surface area contributed by atoms with Crippen molar-refractivity contribution in [2.24, 2.45) is 0 Å². The fourth-order valence-corrected chi connectivity index (χ4v) is 2.83. The largest absolute Gasteiger partial charge is 0.306 e. The minimum absolute atomic E-state index is 0.00683. The Bertz CT molecular complexity index is 761. The monoisotopic (exact) mass is 333 g/mol.